The van der Waals surface area contributed by atoms with Crippen LogP contribution in [0.3, 0.4) is 0 Å². The number of unbranched alkanes of at least 4 members (excludes halogenated alkanes) is 1. The average molecular weight is 708 g/mol. The average Bonchev–Trinajstić information content (AvgIpc) is 3.67. The molecule has 6 rings (SSSR count). The first kappa shape index (κ1) is 35.1. The molecule has 2 aliphatic carbocycles. The second kappa shape index (κ2) is 18.4. The van der Waals surface area contributed by atoms with Gasteiger partial charge in [0, 0.05) is 0 Å². The van der Waals surface area contributed by atoms with Crippen LogP contribution in [0.25, 0.3) is 0 Å². The standard InChI is InChI=1S/C28H28P2.C7H8.BF4.Rh/c1-5-15-25(16-6-1)29(26-17-7-2-8-18-26)23-13-14-24-30(27-19-9-3-10-20-27)28-21-11-4-12-22-28;1-2-7-4-3-6(1)5-7;2-1(3,4)5;/h1-12,15-22H,13-14,23-24H2;1-4,6-7H,5H2;;/q;;-1;+1. The smallest absolute Gasteiger partial charge is 0.418 e. The normalized spacial score (nSPS) is 16.2. The van der Waals surface area contributed by atoms with E-state index in [0.717, 1.165) is 11.8 Å². The molecule has 4 aromatic carbocycles. The minimum Gasteiger partial charge on any atom is -0.418 e. The summed E-state index contributed by atoms with van der Waals surface area (Å²) in [7, 11) is -6.57. The van der Waals surface area contributed by atoms with Gasteiger partial charge in [0.2, 0.25) is 0 Å². The molecular formula is C35H36BF4P2Rh. The number of fused-ring (bicyclic) bond motifs is 2. The molecule has 0 atom stereocenters. The minimum absolute atomic E-state index is 0. The zero-order valence-electron chi connectivity index (χ0n) is 23.9. The Balaban J connectivity index is 0.000000322. The first-order valence-corrected chi connectivity index (χ1v) is 17.4. The van der Waals surface area contributed by atoms with Crippen molar-refractivity contribution < 1.29 is 36.7 Å². The monoisotopic (exact) mass is 708 g/mol. The molecule has 0 fully saturated rings. The second-order valence-electron chi connectivity index (χ2n) is 10.2. The van der Waals surface area contributed by atoms with Crippen LogP contribution in [-0.2, 0) is 19.5 Å². The van der Waals surface area contributed by atoms with E-state index in [9.17, 15) is 17.3 Å². The van der Waals surface area contributed by atoms with Crippen LogP contribution in [0, 0.1) is 11.8 Å². The van der Waals surface area contributed by atoms with Crippen molar-refractivity contribution >= 4 is 44.3 Å². The summed E-state index contributed by atoms with van der Waals surface area (Å²) in [6, 6.07) is 44.3. The summed E-state index contributed by atoms with van der Waals surface area (Å²) in [4.78, 5) is 0. The maximum absolute atomic E-state index is 9.75. The van der Waals surface area contributed by atoms with E-state index >= 15 is 0 Å². The fourth-order valence-electron chi connectivity index (χ4n) is 5.11. The van der Waals surface area contributed by atoms with Crippen LogP contribution in [0.4, 0.5) is 17.3 Å². The summed E-state index contributed by atoms with van der Waals surface area (Å²) in [6.07, 6.45) is 15.6. The SMILES string of the molecule is C1=CC2C=CC1C2.F[B-](F)(F)F.[Rh+].c1ccc(P(CCCCP(c2ccccc2)c2ccccc2)c2ccccc2)cc1. The van der Waals surface area contributed by atoms with Gasteiger partial charge < -0.3 is 17.3 Å². The van der Waals surface area contributed by atoms with Crippen LogP contribution < -0.4 is 21.2 Å². The van der Waals surface area contributed by atoms with Crippen molar-refractivity contribution in [2.24, 2.45) is 11.8 Å². The molecule has 0 unspecified atom stereocenters. The molecule has 226 valence electrons. The van der Waals surface area contributed by atoms with Crippen molar-refractivity contribution in [3.05, 3.63) is 146 Å². The summed E-state index contributed by atoms with van der Waals surface area (Å²) in [5.74, 6) is 1.62. The van der Waals surface area contributed by atoms with Gasteiger partial charge in [0.15, 0.2) is 0 Å². The quantitative estimate of drug-likeness (QED) is 0.0536. The molecule has 0 nitrogen and oxygen atoms in total. The summed E-state index contributed by atoms with van der Waals surface area (Å²) in [5.41, 5.74) is 0. The van der Waals surface area contributed by atoms with E-state index < -0.39 is 7.25 Å². The Morgan fingerprint density at radius 2 is 0.698 bits per heavy atom. The van der Waals surface area contributed by atoms with E-state index in [-0.39, 0.29) is 35.3 Å². The molecule has 0 heterocycles. The number of benzene rings is 4. The fraction of sp³-hybridized carbons (Fsp3) is 0.200. The van der Waals surface area contributed by atoms with Crippen LogP contribution in [0.5, 0.6) is 0 Å². The molecule has 43 heavy (non-hydrogen) atoms. The first-order chi connectivity index (χ1) is 20.4. The van der Waals surface area contributed by atoms with Gasteiger partial charge in [-0.25, -0.2) is 0 Å². The second-order valence-corrected chi connectivity index (χ2v) is 14.9. The van der Waals surface area contributed by atoms with E-state index in [1.807, 2.05) is 0 Å². The van der Waals surface area contributed by atoms with Crippen molar-refractivity contribution in [1.82, 2.24) is 0 Å². The molecule has 0 aromatic heterocycles. The molecular weight excluding hydrogens is 672 g/mol. The molecule has 2 bridgehead atoms. The summed E-state index contributed by atoms with van der Waals surface area (Å²) >= 11 is 0. The third-order valence-electron chi connectivity index (χ3n) is 7.04. The predicted octanol–water partition coefficient (Wildman–Crippen LogP) is 9.08. The molecule has 0 radical (unpaired) electrons. The molecule has 0 aliphatic heterocycles. The Morgan fingerprint density at radius 3 is 0.884 bits per heavy atom. The summed E-state index contributed by atoms with van der Waals surface area (Å²) in [6.45, 7) is 0. The molecule has 0 amide bonds. The predicted molar refractivity (Wildman–Crippen MR) is 177 cm³/mol. The molecule has 0 spiro atoms. The topological polar surface area (TPSA) is 0 Å². The molecule has 0 N–H and O–H groups in total. The molecule has 0 saturated carbocycles. The number of halogens is 4. The number of allylic oxidation sites excluding steroid dienone is 4. The zero-order valence-corrected chi connectivity index (χ0v) is 27.3. The number of hydrogen-bond acceptors (Lipinski definition) is 0. The van der Waals surface area contributed by atoms with Gasteiger partial charge in [-0.2, -0.15) is 0 Å². The van der Waals surface area contributed by atoms with Gasteiger partial charge >= 0.3 is 26.7 Å². The Morgan fingerprint density at radius 1 is 0.465 bits per heavy atom. The van der Waals surface area contributed by atoms with Crippen LogP contribution in [0.2, 0.25) is 0 Å². The van der Waals surface area contributed by atoms with Crippen molar-refractivity contribution in [2.45, 2.75) is 19.3 Å². The van der Waals surface area contributed by atoms with E-state index in [4.69, 9.17) is 0 Å². The van der Waals surface area contributed by atoms with E-state index in [0.29, 0.717) is 0 Å². The van der Waals surface area contributed by atoms with Gasteiger partial charge in [0.25, 0.3) is 0 Å². The Hall–Kier alpha value is -2.37. The van der Waals surface area contributed by atoms with Crippen LogP contribution in [0.1, 0.15) is 19.3 Å². The van der Waals surface area contributed by atoms with Crippen molar-refractivity contribution in [2.75, 3.05) is 12.3 Å². The number of hydrogen-bond donors (Lipinski definition) is 0. The Kier molecular flexibility index (Phi) is 15.1. The molecule has 2 aliphatic rings. The maximum atomic E-state index is 9.75. The van der Waals surface area contributed by atoms with Crippen LogP contribution >= 0.6 is 15.8 Å². The van der Waals surface area contributed by atoms with Crippen LogP contribution in [-0.4, -0.2) is 19.6 Å². The van der Waals surface area contributed by atoms with E-state index in [1.54, 1.807) is 0 Å². The fourth-order valence-corrected chi connectivity index (χ4v) is 9.95. The molecule has 8 heteroatoms. The van der Waals surface area contributed by atoms with Crippen molar-refractivity contribution in [3.63, 3.8) is 0 Å². The van der Waals surface area contributed by atoms with Gasteiger partial charge in [0.1, 0.15) is 0 Å². The van der Waals surface area contributed by atoms with Gasteiger partial charge in [-0.3, -0.25) is 0 Å². The third-order valence-corrected chi connectivity index (χ3v) is 12.3. The largest absolute Gasteiger partial charge is 1.00 e. The summed E-state index contributed by atoms with van der Waals surface area (Å²) in [5, 5.41) is 5.97. The van der Waals surface area contributed by atoms with Gasteiger partial charge in [-0.15, -0.1) is 0 Å². The first-order valence-electron chi connectivity index (χ1n) is 14.4. The van der Waals surface area contributed by atoms with Crippen LogP contribution in [0.15, 0.2) is 146 Å². The van der Waals surface area contributed by atoms with Gasteiger partial charge in [-0.1, -0.05) is 146 Å². The Labute approximate surface area is 269 Å². The summed E-state index contributed by atoms with van der Waals surface area (Å²) < 4.78 is 39.0. The molecule has 0 saturated heterocycles. The molecule has 4 aromatic rings. The Bertz CT molecular complexity index is 1170. The van der Waals surface area contributed by atoms with Gasteiger partial charge in [-0.05, 0) is 80.5 Å². The minimum atomic E-state index is -6.00. The zero-order chi connectivity index (χ0) is 29.6. The van der Waals surface area contributed by atoms with Gasteiger partial charge in [0.05, 0.1) is 0 Å². The van der Waals surface area contributed by atoms with E-state index in [2.05, 4.69) is 146 Å². The maximum Gasteiger partial charge on any atom is 1.00 e. The van der Waals surface area contributed by atoms with Crippen molar-refractivity contribution in [3.8, 4) is 0 Å². The third kappa shape index (κ3) is 12.6. The van der Waals surface area contributed by atoms with E-state index in [1.165, 1.54) is 52.8 Å². The van der Waals surface area contributed by atoms with Crippen molar-refractivity contribution in [1.29, 1.82) is 0 Å². The number of rotatable bonds is 9.